The highest BCUT2D eigenvalue weighted by molar-refractivity contribution is 5.44. The summed E-state index contributed by atoms with van der Waals surface area (Å²) in [4.78, 5) is 10.2. The monoisotopic (exact) mass is 224 g/mol. The fourth-order valence-corrected chi connectivity index (χ4v) is 1.34. The van der Waals surface area contributed by atoms with Gasteiger partial charge in [0.1, 0.15) is 12.4 Å². The minimum absolute atomic E-state index is 0.124. The van der Waals surface area contributed by atoms with Crippen molar-refractivity contribution in [3.05, 3.63) is 33.9 Å². The largest absolute Gasteiger partial charge is 0.492 e. The lowest BCUT2D eigenvalue weighted by Crippen LogP contribution is -2.20. The van der Waals surface area contributed by atoms with Crippen LogP contribution in [0.25, 0.3) is 0 Å². The smallest absolute Gasteiger partial charge is 0.272 e. The molecular formula is C11H16N2O3. The molecule has 0 aliphatic heterocycles. The summed E-state index contributed by atoms with van der Waals surface area (Å²) < 4.78 is 5.44. The molecule has 0 aromatic heterocycles. The van der Waals surface area contributed by atoms with E-state index in [0.29, 0.717) is 17.9 Å². The molecule has 0 unspecified atom stereocenters. The van der Waals surface area contributed by atoms with Gasteiger partial charge in [0, 0.05) is 18.2 Å². The van der Waals surface area contributed by atoms with E-state index in [2.05, 4.69) is 5.32 Å². The van der Waals surface area contributed by atoms with Crippen molar-refractivity contribution in [3.8, 4) is 5.75 Å². The third-order valence-corrected chi connectivity index (χ3v) is 2.16. The highest BCUT2D eigenvalue weighted by Gasteiger charge is 2.10. The minimum atomic E-state index is -0.391. The van der Waals surface area contributed by atoms with E-state index in [1.165, 1.54) is 6.07 Å². The van der Waals surface area contributed by atoms with Gasteiger partial charge in [0.25, 0.3) is 5.69 Å². The lowest BCUT2D eigenvalue weighted by Gasteiger charge is -2.07. The fraction of sp³-hybridized carbons (Fsp3) is 0.455. The van der Waals surface area contributed by atoms with Crippen molar-refractivity contribution in [2.24, 2.45) is 0 Å². The van der Waals surface area contributed by atoms with E-state index in [4.69, 9.17) is 4.74 Å². The van der Waals surface area contributed by atoms with E-state index >= 15 is 0 Å². The van der Waals surface area contributed by atoms with Gasteiger partial charge in [0.15, 0.2) is 0 Å². The van der Waals surface area contributed by atoms with Crippen molar-refractivity contribution in [2.45, 2.75) is 13.8 Å². The second-order valence-electron chi connectivity index (χ2n) is 3.41. The van der Waals surface area contributed by atoms with Crippen LogP contribution >= 0.6 is 0 Å². The predicted molar refractivity (Wildman–Crippen MR) is 61.9 cm³/mol. The average Bonchev–Trinajstić information content (AvgIpc) is 2.24. The van der Waals surface area contributed by atoms with Crippen molar-refractivity contribution < 1.29 is 9.66 Å². The number of nitro benzene ring substituents is 1. The van der Waals surface area contributed by atoms with Crippen LogP contribution in [-0.2, 0) is 0 Å². The molecule has 0 spiro atoms. The molecule has 0 saturated carbocycles. The van der Waals surface area contributed by atoms with Gasteiger partial charge in [-0.25, -0.2) is 0 Å². The molecule has 0 aliphatic rings. The van der Waals surface area contributed by atoms with E-state index in [-0.39, 0.29) is 5.69 Å². The number of hydrogen-bond acceptors (Lipinski definition) is 4. The van der Waals surface area contributed by atoms with Crippen LogP contribution in [0.5, 0.6) is 5.75 Å². The number of aryl methyl sites for hydroxylation is 1. The Kier molecular flexibility index (Phi) is 4.72. The van der Waals surface area contributed by atoms with Crippen LogP contribution in [0.15, 0.2) is 18.2 Å². The highest BCUT2D eigenvalue weighted by Crippen LogP contribution is 2.22. The molecule has 1 aromatic carbocycles. The maximum Gasteiger partial charge on any atom is 0.272 e. The quantitative estimate of drug-likeness (QED) is 0.455. The second-order valence-corrected chi connectivity index (χ2v) is 3.41. The van der Waals surface area contributed by atoms with Crippen molar-refractivity contribution in [1.29, 1.82) is 0 Å². The summed E-state index contributed by atoms with van der Waals surface area (Å²) >= 11 is 0. The summed E-state index contributed by atoms with van der Waals surface area (Å²) in [5.74, 6) is 0.668. The molecule has 5 nitrogen and oxygen atoms in total. The van der Waals surface area contributed by atoms with E-state index in [1.54, 1.807) is 19.1 Å². The van der Waals surface area contributed by atoms with E-state index in [0.717, 1.165) is 13.1 Å². The number of rotatable bonds is 6. The van der Waals surface area contributed by atoms with Crippen LogP contribution < -0.4 is 10.1 Å². The maximum atomic E-state index is 10.6. The summed E-state index contributed by atoms with van der Waals surface area (Å²) in [7, 11) is 0. The molecule has 16 heavy (non-hydrogen) atoms. The summed E-state index contributed by atoms with van der Waals surface area (Å²) in [5, 5.41) is 13.7. The predicted octanol–water partition coefficient (Wildman–Crippen LogP) is 1.89. The van der Waals surface area contributed by atoms with Crippen LogP contribution in [0, 0.1) is 17.0 Å². The lowest BCUT2D eigenvalue weighted by atomic mass is 10.2. The first-order chi connectivity index (χ1) is 7.65. The molecule has 0 atom stereocenters. The van der Waals surface area contributed by atoms with E-state index in [9.17, 15) is 10.1 Å². The van der Waals surface area contributed by atoms with Crippen LogP contribution in [0.4, 0.5) is 5.69 Å². The normalized spacial score (nSPS) is 10.1. The molecule has 1 rings (SSSR count). The Labute approximate surface area is 94.6 Å². The number of hydrogen-bond donors (Lipinski definition) is 1. The second kappa shape index (κ2) is 6.07. The van der Waals surface area contributed by atoms with Gasteiger partial charge in [-0.2, -0.15) is 0 Å². The van der Waals surface area contributed by atoms with Gasteiger partial charge in [-0.1, -0.05) is 6.92 Å². The number of benzene rings is 1. The Bertz CT molecular complexity index is 366. The maximum absolute atomic E-state index is 10.6. The van der Waals surface area contributed by atoms with Gasteiger partial charge >= 0.3 is 0 Å². The molecule has 0 bridgehead atoms. The highest BCUT2D eigenvalue weighted by atomic mass is 16.6. The van der Waals surface area contributed by atoms with E-state index < -0.39 is 4.92 Å². The Morgan fingerprint density at radius 1 is 1.50 bits per heavy atom. The molecule has 5 heteroatoms. The number of nitro groups is 1. The summed E-state index contributed by atoms with van der Waals surface area (Å²) in [5.41, 5.74) is 0.741. The third kappa shape index (κ3) is 3.51. The molecule has 1 aromatic rings. The van der Waals surface area contributed by atoms with Gasteiger partial charge in [0.2, 0.25) is 0 Å². The first-order valence-corrected chi connectivity index (χ1v) is 5.23. The molecule has 0 amide bonds. The number of ether oxygens (including phenoxy) is 1. The summed E-state index contributed by atoms with van der Waals surface area (Å²) in [6.45, 7) is 5.96. The van der Waals surface area contributed by atoms with Crippen LogP contribution in [0.3, 0.4) is 0 Å². The zero-order chi connectivity index (χ0) is 12.0. The third-order valence-electron chi connectivity index (χ3n) is 2.16. The Morgan fingerprint density at radius 2 is 2.25 bits per heavy atom. The molecule has 88 valence electrons. The van der Waals surface area contributed by atoms with Crippen LogP contribution in [-0.4, -0.2) is 24.6 Å². The number of nitrogens with zero attached hydrogens (tertiary/aromatic N) is 1. The van der Waals surface area contributed by atoms with Gasteiger partial charge < -0.3 is 10.1 Å². The molecule has 0 radical (unpaired) electrons. The van der Waals surface area contributed by atoms with Crippen molar-refractivity contribution in [3.63, 3.8) is 0 Å². The van der Waals surface area contributed by atoms with Crippen molar-refractivity contribution in [2.75, 3.05) is 19.7 Å². The molecule has 0 heterocycles. The number of nitrogens with one attached hydrogen (secondary N) is 1. The van der Waals surface area contributed by atoms with Crippen molar-refractivity contribution >= 4 is 5.69 Å². The van der Waals surface area contributed by atoms with Crippen molar-refractivity contribution in [1.82, 2.24) is 5.32 Å². The molecule has 1 N–H and O–H groups in total. The zero-order valence-corrected chi connectivity index (χ0v) is 9.53. The minimum Gasteiger partial charge on any atom is -0.492 e. The van der Waals surface area contributed by atoms with Gasteiger partial charge in [0.05, 0.1) is 4.92 Å². The van der Waals surface area contributed by atoms with E-state index in [1.807, 2.05) is 6.92 Å². The lowest BCUT2D eigenvalue weighted by molar-refractivity contribution is -0.385. The Morgan fingerprint density at radius 3 is 2.81 bits per heavy atom. The standard InChI is InChI=1S/C11H16N2O3/c1-3-12-6-7-16-10-4-5-11(13(14)15)9(2)8-10/h4-5,8,12H,3,6-7H2,1-2H3. The molecule has 0 aliphatic carbocycles. The zero-order valence-electron chi connectivity index (χ0n) is 9.53. The average molecular weight is 224 g/mol. The van der Waals surface area contributed by atoms with Gasteiger partial charge in [-0.15, -0.1) is 0 Å². The van der Waals surface area contributed by atoms with Gasteiger partial charge in [-0.05, 0) is 25.6 Å². The van der Waals surface area contributed by atoms with Crippen LogP contribution in [0.1, 0.15) is 12.5 Å². The Hall–Kier alpha value is -1.62. The van der Waals surface area contributed by atoms with Crippen LogP contribution in [0.2, 0.25) is 0 Å². The first-order valence-electron chi connectivity index (χ1n) is 5.23. The summed E-state index contributed by atoms with van der Waals surface area (Å²) in [6.07, 6.45) is 0. The Balaban J connectivity index is 2.56. The first kappa shape index (κ1) is 12.4. The van der Waals surface area contributed by atoms with Gasteiger partial charge in [-0.3, -0.25) is 10.1 Å². The summed E-state index contributed by atoms with van der Waals surface area (Å²) in [6, 6.07) is 4.78. The molecular weight excluding hydrogens is 208 g/mol. The SMILES string of the molecule is CCNCCOc1ccc([N+](=O)[O-])c(C)c1. The molecule has 0 fully saturated rings. The fourth-order valence-electron chi connectivity index (χ4n) is 1.34. The molecule has 0 saturated heterocycles. The topological polar surface area (TPSA) is 64.4 Å². The number of likely N-dealkylation sites (N-methyl/N-ethyl adjacent to an activating group) is 1.